The van der Waals surface area contributed by atoms with Crippen LogP contribution in [0.1, 0.15) is 69.2 Å². The average molecular weight is 414 g/mol. The van der Waals surface area contributed by atoms with Crippen LogP contribution in [-0.4, -0.2) is 18.5 Å². The Hall–Kier alpha value is -2.14. The van der Waals surface area contributed by atoms with E-state index in [1.165, 1.54) is 30.6 Å². The van der Waals surface area contributed by atoms with Gasteiger partial charge in [-0.05, 0) is 50.2 Å². The van der Waals surface area contributed by atoms with E-state index in [0.717, 1.165) is 42.0 Å². The van der Waals surface area contributed by atoms with E-state index in [1.54, 1.807) is 6.92 Å². The maximum absolute atomic E-state index is 12.9. The molecule has 1 saturated carbocycles. The molecule has 1 aliphatic carbocycles. The Morgan fingerprint density at radius 3 is 2.48 bits per heavy atom. The molecule has 156 valence electrons. The van der Waals surface area contributed by atoms with Crippen molar-refractivity contribution in [2.75, 3.05) is 11.9 Å². The number of ether oxygens (including phenoxy) is 1. The molecule has 1 aromatic carbocycles. The molecule has 1 amide bonds. The molecule has 0 atom stereocenters. The highest BCUT2D eigenvalue weighted by atomic mass is 32.1. The van der Waals surface area contributed by atoms with Crippen LogP contribution in [0.2, 0.25) is 0 Å². The van der Waals surface area contributed by atoms with Crippen molar-refractivity contribution in [2.45, 2.75) is 58.8 Å². The first-order valence-electron chi connectivity index (χ1n) is 10.8. The summed E-state index contributed by atoms with van der Waals surface area (Å²) in [6.07, 6.45) is 7.92. The molecule has 0 aliphatic heterocycles. The Kier molecular flexibility index (Phi) is 7.87. The number of anilines is 1. The lowest BCUT2D eigenvalue weighted by atomic mass is 9.79. The lowest BCUT2D eigenvalue weighted by Crippen LogP contribution is -2.27. The lowest BCUT2D eigenvalue weighted by Gasteiger charge is -2.27. The van der Waals surface area contributed by atoms with Crippen LogP contribution in [-0.2, 0) is 9.53 Å². The summed E-state index contributed by atoms with van der Waals surface area (Å²) in [5.41, 5.74) is 1.47. The highest BCUT2D eigenvalue weighted by molar-refractivity contribution is 7.20. The van der Waals surface area contributed by atoms with Crippen LogP contribution in [0, 0.1) is 11.8 Å². The number of hydrogen-bond donors (Lipinski definition) is 1. The fourth-order valence-electron chi connectivity index (χ4n) is 4.01. The predicted octanol–water partition coefficient (Wildman–Crippen LogP) is 6.53. The molecule has 0 bridgehead atoms. The topological polar surface area (TPSA) is 55.4 Å². The molecule has 5 heteroatoms. The van der Waals surface area contributed by atoms with Crippen molar-refractivity contribution >= 4 is 28.2 Å². The third-order valence-electron chi connectivity index (χ3n) is 5.71. The van der Waals surface area contributed by atoms with E-state index >= 15 is 0 Å². The van der Waals surface area contributed by atoms with Gasteiger partial charge in [0.2, 0.25) is 5.91 Å². The first-order valence-corrected chi connectivity index (χ1v) is 11.6. The highest BCUT2D eigenvalue weighted by Crippen LogP contribution is 2.37. The number of rotatable bonds is 8. The van der Waals surface area contributed by atoms with E-state index in [-0.39, 0.29) is 17.8 Å². The molecule has 1 aliphatic rings. The number of carbonyl (C=O) groups is 2. The zero-order valence-corrected chi connectivity index (χ0v) is 18.2. The van der Waals surface area contributed by atoms with E-state index in [0.29, 0.717) is 17.2 Å². The summed E-state index contributed by atoms with van der Waals surface area (Å²) in [6.45, 7) is 4.33. The predicted molar refractivity (Wildman–Crippen MR) is 119 cm³/mol. The van der Waals surface area contributed by atoms with Crippen LogP contribution in [0.3, 0.4) is 0 Å². The van der Waals surface area contributed by atoms with Gasteiger partial charge in [-0.2, -0.15) is 0 Å². The van der Waals surface area contributed by atoms with Crippen molar-refractivity contribution in [2.24, 2.45) is 11.8 Å². The standard InChI is InChI=1S/C24H31NO3S/c1-3-5-9-17-12-14-19(15-13-17)22(26)25-23-20(24(27)28-4-2)16-21(29-23)18-10-7-6-8-11-18/h6-8,10-11,16-17,19H,3-5,9,12-15H2,1-2H3,(H,25,26). The Morgan fingerprint density at radius 2 is 1.83 bits per heavy atom. The number of carbonyl (C=O) groups excluding carboxylic acids is 2. The first-order chi connectivity index (χ1) is 14.1. The quantitative estimate of drug-likeness (QED) is 0.501. The number of hydrogen-bond acceptors (Lipinski definition) is 4. The van der Waals surface area contributed by atoms with Gasteiger partial charge in [-0.1, -0.05) is 56.5 Å². The summed E-state index contributed by atoms with van der Waals surface area (Å²) in [4.78, 5) is 26.3. The molecule has 29 heavy (non-hydrogen) atoms. The molecule has 0 spiro atoms. The monoisotopic (exact) mass is 413 g/mol. The third kappa shape index (κ3) is 5.69. The van der Waals surface area contributed by atoms with E-state index in [9.17, 15) is 9.59 Å². The SMILES string of the molecule is CCCCC1CCC(C(=O)Nc2sc(-c3ccccc3)cc2C(=O)OCC)CC1. The Balaban J connectivity index is 1.71. The van der Waals surface area contributed by atoms with Gasteiger partial charge < -0.3 is 10.1 Å². The fraction of sp³-hybridized carbons (Fsp3) is 0.500. The third-order valence-corrected chi connectivity index (χ3v) is 6.81. The zero-order valence-electron chi connectivity index (χ0n) is 17.4. The van der Waals surface area contributed by atoms with Crippen molar-refractivity contribution in [3.05, 3.63) is 42.0 Å². The molecule has 2 aromatic rings. The van der Waals surface area contributed by atoms with Crippen LogP contribution in [0.4, 0.5) is 5.00 Å². The van der Waals surface area contributed by atoms with E-state index in [2.05, 4.69) is 12.2 Å². The van der Waals surface area contributed by atoms with Gasteiger partial charge in [0.15, 0.2) is 0 Å². The summed E-state index contributed by atoms with van der Waals surface area (Å²) in [5, 5.41) is 3.64. The van der Waals surface area contributed by atoms with Gasteiger partial charge in [0.05, 0.1) is 12.2 Å². The molecular formula is C24H31NO3S. The minimum Gasteiger partial charge on any atom is -0.462 e. The summed E-state index contributed by atoms with van der Waals surface area (Å²) in [7, 11) is 0. The van der Waals surface area contributed by atoms with Gasteiger partial charge in [-0.3, -0.25) is 4.79 Å². The number of nitrogens with one attached hydrogen (secondary N) is 1. The number of unbranched alkanes of at least 4 members (excludes halogenated alkanes) is 1. The second-order valence-electron chi connectivity index (χ2n) is 7.79. The maximum Gasteiger partial charge on any atom is 0.341 e. The zero-order chi connectivity index (χ0) is 20.6. The molecule has 3 rings (SSSR count). The van der Waals surface area contributed by atoms with Crippen molar-refractivity contribution in [1.29, 1.82) is 0 Å². The van der Waals surface area contributed by atoms with Gasteiger partial charge in [0.1, 0.15) is 5.00 Å². The van der Waals surface area contributed by atoms with Crippen LogP contribution in [0.15, 0.2) is 36.4 Å². The second kappa shape index (κ2) is 10.6. The van der Waals surface area contributed by atoms with Gasteiger partial charge in [0, 0.05) is 10.8 Å². The smallest absolute Gasteiger partial charge is 0.341 e. The van der Waals surface area contributed by atoms with Crippen molar-refractivity contribution < 1.29 is 14.3 Å². The van der Waals surface area contributed by atoms with E-state index < -0.39 is 0 Å². The highest BCUT2D eigenvalue weighted by Gasteiger charge is 2.28. The van der Waals surface area contributed by atoms with Crippen LogP contribution in [0.25, 0.3) is 10.4 Å². The lowest BCUT2D eigenvalue weighted by molar-refractivity contribution is -0.121. The number of benzene rings is 1. The van der Waals surface area contributed by atoms with Gasteiger partial charge in [-0.25, -0.2) is 4.79 Å². The molecule has 1 N–H and O–H groups in total. The molecule has 0 unspecified atom stereocenters. The van der Waals surface area contributed by atoms with E-state index in [4.69, 9.17) is 4.74 Å². The van der Waals surface area contributed by atoms with Crippen LogP contribution in [0.5, 0.6) is 0 Å². The molecule has 1 aromatic heterocycles. The van der Waals surface area contributed by atoms with Crippen molar-refractivity contribution in [3.8, 4) is 10.4 Å². The Bertz CT molecular complexity index is 807. The van der Waals surface area contributed by atoms with Gasteiger partial charge in [-0.15, -0.1) is 11.3 Å². The number of thiophene rings is 1. The van der Waals surface area contributed by atoms with Crippen LogP contribution < -0.4 is 5.32 Å². The Labute approximate surface area is 177 Å². The minimum absolute atomic E-state index is 0.0326. The van der Waals surface area contributed by atoms with E-state index in [1.807, 2.05) is 36.4 Å². The number of esters is 1. The molecule has 1 fully saturated rings. The van der Waals surface area contributed by atoms with Crippen LogP contribution >= 0.6 is 11.3 Å². The summed E-state index contributed by atoms with van der Waals surface area (Å²) in [5.74, 6) is 0.446. The molecule has 4 nitrogen and oxygen atoms in total. The summed E-state index contributed by atoms with van der Waals surface area (Å²) >= 11 is 1.44. The van der Waals surface area contributed by atoms with Gasteiger partial charge >= 0.3 is 5.97 Å². The molecule has 0 radical (unpaired) electrons. The summed E-state index contributed by atoms with van der Waals surface area (Å²) in [6, 6.07) is 11.7. The largest absolute Gasteiger partial charge is 0.462 e. The molecular weight excluding hydrogens is 382 g/mol. The van der Waals surface area contributed by atoms with Crippen molar-refractivity contribution in [3.63, 3.8) is 0 Å². The number of amides is 1. The summed E-state index contributed by atoms with van der Waals surface area (Å²) < 4.78 is 5.21. The Morgan fingerprint density at radius 1 is 1.10 bits per heavy atom. The van der Waals surface area contributed by atoms with Crippen molar-refractivity contribution in [1.82, 2.24) is 0 Å². The minimum atomic E-state index is -0.385. The average Bonchev–Trinajstić information content (AvgIpc) is 3.17. The molecule has 0 saturated heterocycles. The molecule has 1 heterocycles. The normalized spacial score (nSPS) is 19.0. The maximum atomic E-state index is 12.9. The first kappa shape index (κ1) is 21.6. The second-order valence-corrected chi connectivity index (χ2v) is 8.84. The van der Waals surface area contributed by atoms with Gasteiger partial charge in [0.25, 0.3) is 0 Å². The fourth-order valence-corrected chi connectivity index (χ4v) is 5.06.